The average Bonchev–Trinajstić information content (AvgIpc) is 2.32. The summed E-state index contributed by atoms with van der Waals surface area (Å²) in [6, 6.07) is 8.35. The number of hydrogen-bond donors (Lipinski definition) is 1. The van der Waals surface area contributed by atoms with Crippen molar-refractivity contribution in [2.45, 2.75) is 32.6 Å². The summed E-state index contributed by atoms with van der Waals surface area (Å²) in [6.07, 6.45) is 3.07. The minimum atomic E-state index is -2.90. The Hall–Kier alpha value is -0.870. The van der Waals surface area contributed by atoms with Crippen molar-refractivity contribution >= 4 is 9.84 Å². The molecule has 0 spiro atoms. The number of benzene rings is 1. The summed E-state index contributed by atoms with van der Waals surface area (Å²) in [6.45, 7) is 6.01. The van der Waals surface area contributed by atoms with Gasteiger partial charge in [0.2, 0.25) is 0 Å². The molecule has 1 aromatic carbocycles. The first-order valence-corrected chi connectivity index (χ1v) is 8.93. The van der Waals surface area contributed by atoms with Crippen LogP contribution in [0.2, 0.25) is 0 Å². The number of sulfone groups is 1. The summed E-state index contributed by atoms with van der Waals surface area (Å²) >= 11 is 0. The van der Waals surface area contributed by atoms with Gasteiger partial charge < -0.3 is 5.32 Å². The van der Waals surface area contributed by atoms with E-state index in [1.807, 2.05) is 6.07 Å². The van der Waals surface area contributed by atoms with E-state index in [2.05, 4.69) is 37.4 Å². The maximum atomic E-state index is 11.3. The van der Waals surface area contributed by atoms with Gasteiger partial charge in [0.1, 0.15) is 9.84 Å². The standard InChI is InChI=1S/C15H25NO2S/c1-4-9-16-12-15(8-10-19(3,17)18)14-7-5-6-13(2)11-14/h5-7,11,15-16H,4,8-10,12H2,1-3H3. The van der Waals surface area contributed by atoms with Crippen LogP contribution in [-0.4, -0.2) is 33.5 Å². The molecule has 1 unspecified atom stereocenters. The van der Waals surface area contributed by atoms with E-state index in [-0.39, 0.29) is 11.7 Å². The topological polar surface area (TPSA) is 46.2 Å². The first-order chi connectivity index (χ1) is 8.92. The lowest BCUT2D eigenvalue weighted by molar-refractivity contribution is 0.556. The van der Waals surface area contributed by atoms with Crippen molar-refractivity contribution in [2.24, 2.45) is 0 Å². The molecule has 0 aliphatic rings. The highest BCUT2D eigenvalue weighted by molar-refractivity contribution is 7.90. The van der Waals surface area contributed by atoms with Gasteiger partial charge in [0.05, 0.1) is 5.75 Å². The molecule has 108 valence electrons. The molecule has 19 heavy (non-hydrogen) atoms. The molecule has 0 heterocycles. The fourth-order valence-electron chi connectivity index (χ4n) is 2.12. The molecule has 1 atom stereocenters. The molecule has 0 saturated heterocycles. The van der Waals surface area contributed by atoms with E-state index in [0.29, 0.717) is 6.42 Å². The first kappa shape index (κ1) is 16.2. The van der Waals surface area contributed by atoms with Gasteiger partial charge in [-0.15, -0.1) is 0 Å². The van der Waals surface area contributed by atoms with Gasteiger partial charge in [-0.25, -0.2) is 8.42 Å². The van der Waals surface area contributed by atoms with Crippen LogP contribution >= 0.6 is 0 Å². The second-order valence-corrected chi connectivity index (χ2v) is 7.49. The van der Waals surface area contributed by atoms with Gasteiger partial charge in [-0.1, -0.05) is 36.8 Å². The fourth-order valence-corrected chi connectivity index (χ4v) is 2.83. The summed E-state index contributed by atoms with van der Waals surface area (Å²) in [7, 11) is -2.90. The largest absolute Gasteiger partial charge is 0.316 e. The molecule has 0 fully saturated rings. The first-order valence-electron chi connectivity index (χ1n) is 6.87. The molecular weight excluding hydrogens is 258 g/mol. The minimum Gasteiger partial charge on any atom is -0.316 e. The molecule has 3 nitrogen and oxygen atoms in total. The van der Waals surface area contributed by atoms with Gasteiger partial charge in [0, 0.05) is 12.8 Å². The Morgan fingerprint density at radius 1 is 1.32 bits per heavy atom. The second-order valence-electron chi connectivity index (χ2n) is 5.23. The molecule has 1 aromatic rings. The van der Waals surface area contributed by atoms with E-state index >= 15 is 0 Å². The number of aryl methyl sites for hydroxylation is 1. The highest BCUT2D eigenvalue weighted by Crippen LogP contribution is 2.20. The highest BCUT2D eigenvalue weighted by atomic mass is 32.2. The maximum Gasteiger partial charge on any atom is 0.147 e. The molecule has 4 heteroatoms. The van der Waals surface area contributed by atoms with Crippen molar-refractivity contribution < 1.29 is 8.42 Å². The maximum absolute atomic E-state index is 11.3. The van der Waals surface area contributed by atoms with Crippen LogP contribution in [0.1, 0.15) is 36.8 Å². The highest BCUT2D eigenvalue weighted by Gasteiger charge is 2.14. The van der Waals surface area contributed by atoms with Crippen molar-refractivity contribution in [1.82, 2.24) is 5.32 Å². The Labute approximate surface area is 117 Å². The van der Waals surface area contributed by atoms with E-state index in [0.717, 1.165) is 19.5 Å². The Morgan fingerprint density at radius 3 is 2.63 bits per heavy atom. The van der Waals surface area contributed by atoms with Crippen molar-refractivity contribution in [3.63, 3.8) is 0 Å². The summed E-state index contributed by atoms with van der Waals surface area (Å²) in [5, 5.41) is 3.39. The number of hydrogen-bond acceptors (Lipinski definition) is 3. The van der Waals surface area contributed by atoms with Crippen LogP contribution in [0.5, 0.6) is 0 Å². The molecule has 0 radical (unpaired) electrons. The van der Waals surface area contributed by atoms with Gasteiger partial charge in [-0.2, -0.15) is 0 Å². The van der Waals surface area contributed by atoms with E-state index < -0.39 is 9.84 Å². The molecule has 0 aliphatic heterocycles. The molecule has 0 aliphatic carbocycles. The van der Waals surface area contributed by atoms with Gasteiger partial charge in [0.15, 0.2) is 0 Å². The fraction of sp³-hybridized carbons (Fsp3) is 0.600. The van der Waals surface area contributed by atoms with Gasteiger partial charge in [0.25, 0.3) is 0 Å². The zero-order valence-electron chi connectivity index (χ0n) is 12.1. The van der Waals surface area contributed by atoms with E-state index in [1.54, 1.807) is 0 Å². The van der Waals surface area contributed by atoms with Gasteiger partial charge in [-0.3, -0.25) is 0 Å². The Bertz CT molecular complexity index is 483. The number of rotatable bonds is 8. The van der Waals surface area contributed by atoms with Crippen molar-refractivity contribution in [2.75, 3.05) is 25.1 Å². The Balaban J connectivity index is 2.73. The molecule has 1 rings (SSSR count). The smallest absolute Gasteiger partial charge is 0.147 e. The summed E-state index contributed by atoms with van der Waals surface area (Å²) in [5.41, 5.74) is 2.45. The average molecular weight is 283 g/mol. The second kappa shape index (κ2) is 7.65. The summed E-state index contributed by atoms with van der Waals surface area (Å²) in [5.74, 6) is 0.514. The van der Waals surface area contributed by atoms with Crippen LogP contribution in [0.25, 0.3) is 0 Å². The normalized spacial score (nSPS) is 13.4. The van der Waals surface area contributed by atoms with Crippen LogP contribution in [0, 0.1) is 6.92 Å². The quantitative estimate of drug-likeness (QED) is 0.746. The molecule has 1 N–H and O–H groups in total. The zero-order valence-corrected chi connectivity index (χ0v) is 13.0. The predicted molar refractivity (Wildman–Crippen MR) is 81.4 cm³/mol. The van der Waals surface area contributed by atoms with Gasteiger partial charge >= 0.3 is 0 Å². The lowest BCUT2D eigenvalue weighted by Gasteiger charge is -2.18. The zero-order chi connectivity index (χ0) is 14.3. The van der Waals surface area contributed by atoms with Crippen molar-refractivity contribution in [1.29, 1.82) is 0 Å². The predicted octanol–water partition coefficient (Wildman–Crippen LogP) is 2.51. The molecule has 0 bridgehead atoms. The van der Waals surface area contributed by atoms with E-state index in [1.165, 1.54) is 17.4 Å². The third-order valence-corrected chi connectivity index (χ3v) is 4.15. The Morgan fingerprint density at radius 2 is 2.05 bits per heavy atom. The summed E-state index contributed by atoms with van der Waals surface area (Å²) < 4.78 is 22.7. The van der Waals surface area contributed by atoms with Crippen molar-refractivity contribution in [3.05, 3.63) is 35.4 Å². The lowest BCUT2D eigenvalue weighted by Crippen LogP contribution is -2.24. The van der Waals surface area contributed by atoms with Crippen LogP contribution in [-0.2, 0) is 9.84 Å². The van der Waals surface area contributed by atoms with E-state index in [9.17, 15) is 8.42 Å². The van der Waals surface area contributed by atoms with E-state index in [4.69, 9.17) is 0 Å². The third kappa shape index (κ3) is 6.73. The molecular formula is C15H25NO2S. The molecule has 0 saturated carbocycles. The lowest BCUT2D eigenvalue weighted by atomic mass is 9.95. The van der Waals surface area contributed by atoms with Crippen LogP contribution in [0.15, 0.2) is 24.3 Å². The van der Waals surface area contributed by atoms with Crippen molar-refractivity contribution in [3.8, 4) is 0 Å². The molecule has 0 aromatic heterocycles. The SMILES string of the molecule is CCCNCC(CCS(C)(=O)=O)c1cccc(C)c1. The number of nitrogens with one attached hydrogen (secondary N) is 1. The molecule has 0 amide bonds. The monoisotopic (exact) mass is 283 g/mol. The third-order valence-electron chi connectivity index (χ3n) is 3.17. The van der Waals surface area contributed by atoms with Gasteiger partial charge in [-0.05, 0) is 37.8 Å². The Kier molecular flexibility index (Phi) is 6.52. The van der Waals surface area contributed by atoms with Crippen LogP contribution < -0.4 is 5.32 Å². The van der Waals surface area contributed by atoms with Crippen LogP contribution in [0.4, 0.5) is 0 Å². The van der Waals surface area contributed by atoms with Crippen LogP contribution in [0.3, 0.4) is 0 Å². The summed E-state index contributed by atoms with van der Waals surface area (Å²) in [4.78, 5) is 0. The minimum absolute atomic E-state index is 0.249.